The van der Waals surface area contributed by atoms with Crippen LogP contribution < -0.4 is 31.1 Å². The Morgan fingerprint density at radius 3 is 1.62 bits per heavy atom. The number of hydrogen-bond acceptors (Lipinski definition) is 5. The average Bonchev–Trinajstić information content (AvgIpc) is 3.22. The van der Waals surface area contributed by atoms with Crippen molar-refractivity contribution in [1.29, 1.82) is 0 Å². The Hall–Kier alpha value is -6.92. The number of fused-ring (bicyclic) bond motifs is 4. The topological polar surface area (TPSA) is 35.5 Å². The van der Waals surface area contributed by atoms with Crippen molar-refractivity contribution < 1.29 is 0 Å². The van der Waals surface area contributed by atoms with E-state index in [0.29, 0.717) is 5.95 Å². The van der Waals surface area contributed by atoms with Gasteiger partial charge in [0.05, 0.1) is 0 Å². The van der Waals surface area contributed by atoms with E-state index in [2.05, 4.69) is 191 Å². The van der Waals surface area contributed by atoms with E-state index in [0.717, 1.165) is 51.1 Å². The molecule has 244 valence electrons. The van der Waals surface area contributed by atoms with Crippen molar-refractivity contribution in [2.45, 2.75) is 0 Å². The summed E-state index contributed by atoms with van der Waals surface area (Å²) in [6.45, 7) is -0.0168. The minimum Gasteiger partial charge on any atom is -0.311 e. The van der Waals surface area contributed by atoms with Crippen LogP contribution >= 0.6 is 0 Å². The van der Waals surface area contributed by atoms with Gasteiger partial charge in [-0.2, -0.15) is 0 Å². The fourth-order valence-electron chi connectivity index (χ4n) is 7.94. The normalized spacial score (nSPS) is 12.5. The zero-order chi connectivity index (χ0) is 34.4. The third kappa shape index (κ3) is 4.88. The maximum atomic E-state index is 4.81. The number of anilines is 9. The summed E-state index contributed by atoms with van der Waals surface area (Å²) in [4.78, 5) is 16.6. The van der Waals surface area contributed by atoms with Gasteiger partial charge in [0.25, 0.3) is 6.71 Å². The lowest BCUT2D eigenvalue weighted by Gasteiger charge is -2.43. The van der Waals surface area contributed by atoms with E-state index in [1.54, 1.807) is 0 Å². The Morgan fingerprint density at radius 1 is 0.404 bits per heavy atom. The van der Waals surface area contributed by atoms with Gasteiger partial charge in [-0.3, -0.25) is 4.90 Å². The second-order valence-electron chi connectivity index (χ2n) is 13.1. The van der Waals surface area contributed by atoms with Crippen LogP contribution in [0.2, 0.25) is 0 Å². The largest absolute Gasteiger partial charge is 0.311 e. The Bertz CT molecular complexity index is 2490. The Labute approximate surface area is 303 Å². The van der Waals surface area contributed by atoms with Crippen LogP contribution in [0.1, 0.15) is 0 Å². The molecule has 0 saturated heterocycles. The zero-order valence-electron chi connectivity index (χ0n) is 28.3. The molecule has 0 atom stereocenters. The van der Waals surface area contributed by atoms with E-state index in [9.17, 15) is 0 Å². The van der Waals surface area contributed by atoms with Crippen molar-refractivity contribution >= 4 is 74.5 Å². The molecule has 0 fully saturated rings. The maximum Gasteiger partial charge on any atom is 0.252 e. The fraction of sp³-hybridized carbons (Fsp3) is 0. The highest BCUT2D eigenvalue weighted by Gasteiger charge is 2.43. The van der Waals surface area contributed by atoms with E-state index in [1.165, 1.54) is 22.0 Å². The average molecular weight is 666 g/mol. The van der Waals surface area contributed by atoms with Crippen LogP contribution in [0.3, 0.4) is 0 Å². The lowest BCUT2D eigenvalue weighted by Crippen LogP contribution is -2.61. The van der Waals surface area contributed by atoms with Crippen LogP contribution in [0.4, 0.5) is 51.4 Å². The molecule has 1 aromatic heterocycles. The van der Waals surface area contributed by atoms with E-state index >= 15 is 0 Å². The summed E-state index contributed by atoms with van der Waals surface area (Å²) in [7, 11) is 0. The summed E-state index contributed by atoms with van der Waals surface area (Å²) < 4.78 is 0. The highest BCUT2D eigenvalue weighted by atomic mass is 15.3. The van der Waals surface area contributed by atoms with E-state index in [1.807, 2.05) is 18.5 Å². The van der Waals surface area contributed by atoms with Gasteiger partial charge in [-0.25, -0.2) is 9.97 Å². The smallest absolute Gasteiger partial charge is 0.252 e. The van der Waals surface area contributed by atoms with Crippen LogP contribution in [-0.2, 0) is 0 Å². The first kappa shape index (κ1) is 30.0. The number of rotatable bonds is 6. The summed E-state index contributed by atoms with van der Waals surface area (Å²) in [5.41, 5.74) is 14.9. The lowest BCUT2D eigenvalue weighted by atomic mass is 9.33. The molecule has 52 heavy (non-hydrogen) atoms. The minimum atomic E-state index is -0.0168. The van der Waals surface area contributed by atoms with Gasteiger partial charge in [0.2, 0.25) is 5.95 Å². The van der Waals surface area contributed by atoms with E-state index in [4.69, 9.17) is 9.97 Å². The monoisotopic (exact) mass is 665 g/mol. The van der Waals surface area contributed by atoms with Gasteiger partial charge in [-0.15, -0.1) is 0 Å². The molecule has 10 rings (SSSR count). The van der Waals surface area contributed by atoms with Crippen molar-refractivity contribution in [3.8, 4) is 11.1 Å². The summed E-state index contributed by atoms with van der Waals surface area (Å²) in [6, 6.07) is 64.9. The molecular weight excluding hydrogens is 633 g/mol. The summed E-state index contributed by atoms with van der Waals surface area (Å²) in [5, 5.41) is 0. The minimum absolute atomic E-state index is 0.0168. The SMILES string of the molecule is c1ccc(-c2ccc3c(c2)N(c2ncccn2)c2cccc4c2B3c2ccc(N(c3ccccc3)c3ccccc3)cc2N4c2ccccc2)cc1. The summed E-state index contributed by atoms with van der Waals surface area (Å²) >= 11 is 0. The van der Waals surface area contributed by atoms with Crippen LogP contribution in [0, 0.1) is 0 Å². The third-order valence-electron chi connectivity index (χ3n) is 10.1. The van der Waals surface area contributed by atoms with Gasteiger partial charge < -0.3 is 9.80 Å². The molecule has 0 N–H and O–H groups in total. The van der Waals surface area contributed by atoms with E-state index < -0.39 is 0 Å². The first-order valence-electron chi connectivity index (χ1n) is 17.6. The number of nitrogens with zero attached hydrogens (tertiary/aromatic N) is 5. The highest BCUT2D eigenvalue weighted by molar-refractivity contribution is 7.00. The number of para-hydroxylation sites is 3. The van der Waals surface area contributed by atoms with Gasteiger partial charge in [-0.05, 0) is 100 Å². The number of hydrogen-bond donors (Lipinski definition) is 0. The Morgan fingerprint density at radius 2 is 0.962 bits per heavy atom. The van der Waals surface area contributed by atoms with Crippen molar-refractivity contribution in [1.82, 2.24) is 9.97 Å². The van der Waals surface area contributed by atoms with Crippen LogP contribution in [0.5, 0.6) is 0 Å². The molecule has 3 heterocycles. The summed E-state index contributed by atoms with van der Waals surface area (Å²) in [5.74, 6) is 0.648. The molecule has 0 aliphatic carbocycles. The molecule has 0 amide bonds. The van der Waals surface area contributed by atoms with Gasteiger partial charge in [0.15, 0.2) is 0 Å². The maximum absolute atomic E-state index is 4.81. The van der Waals surface area contributed by atoms with Crippen molar-refractivity contribution in [2.75, 3.05) is 14.7 Å². The van der Waals surface area contributed by atoms with Crippen molar-refractivity contribution in [3.05, 3.63) is 194 Å². The fourth-order valence-corrected chi connectivity index (χ4v) is 7.94. The molecule has 7 aromatic carbocycles. The second kappa shape index (κ2) is 12.4. The number of aromatic nitrogens is 2. The first-order valence-corrected chi connectivity index (χ1v) is 17.6. The molecule has 5 nitrogen and oxygen atoms in total. The molecule has 6 heteroatoms. The standard InChI is InChI=1S/C46H32BN5/c1-5-15-33(16-6-1)34-25-27-39-43(31-34)52(46-48-29-14-30-49-46)42-24-13-23-41-45(42)47(39)40-28-26-38(32-44(40)51(41)37-21-11-4-12-22-37)50(35-17-7-2-8-18-35)36-19-9-3-10-20-36/h1-32H. The molecule has 2 aliphatic heterocycles. The van der Waals surface area contributed by atoms with Gasteiger partial charge in [0.1, 0.15) is 0 Å². The van der Waals surface area contributed by atoms with Crippen LogP contribution in [0.15, 0.2) is 194 Å². The molecular formula is C46H32BN5. The third-order valence-corrected chi connectivity index (χ3v) is 10.1. The van der Waals surface area contributed by atoms with Gasteiger partial charge >= 0.3 is 0 Å². The molecule has 0 unspecified atom stereocenters. The quantitative estimate of drug-likeness (QED) is 0.165. The molecule has 0 spiro atoms. The summed E-state index contributed by atoms with van der Waals surface area (Å²) in [6.07, 6.45) is 3.64. The predicted molar refractivity (Wildman–Crippen MR) is 216 cm³/mol. The zero-order valence-corrected chi connectivity index (χ0v) is 28.3. The molecule has 8 aromatic rings. The molecule has 0 saturated carbocycles. The van der Waals surface area contributed by atoms with Crippen molar-refractivity contribution in [3.63, 3.8) is 0 Å². The molecule has 0 radical (unpaired) electrons. The molecule has 2 aliphatic rings. The molecule has 0 bridgehead atoms. The van der Waals surface area contributed by atoms with Gasteiger partial charge in [-0.1, -0.05) is 109 Å². The first-order chi connectivity index (χ1) is 25.8. The Balaban J connectivity index is 1.24. The second-order valence-corrected chi connectivity index (χ2v) is 13.1. The van der Waals surface area contributed by atoms with Crippen LogP contribution in [-0.4, -0.2) is 16.7 Å². The highest BCUT2D eigenvalue weighted by Crippen LogP contribution is 2.45. The predicted octanol–water partition coefficient (Wildman–Crippen LogP) is 9.70. The van der Waals surface area contributed by atoms with Crippen LogP contribution in [0.25, 0.3) is 11.1 Å². The number of benzene rings is 7. The van der Waals surface area contributed by atoms with E-state index in [-0.39, 0.29) is 6.71 Å². The lowest BCUT2D eigenvalue weighted by molar-refractivity contribution is 1.08. The van der Waals surface area contributed by atoms with Gasteiger partial charge in [0, 0.05) is 57.9 Å². The Kier molecular flexibility index (Phi) is 7.17. The van der Waals surface area contributed by atoms with Crippen molar-refractivity contribution in [2.24, 2.45) is 0 Å².